The van der Waals surface area contributed by atoms with E-state index in [0.717, 1.165) is 15.6 Å². The maximum Gasteiger partial charge on any atom is 0.274 e. The Balaban J connectivity index is 2.24. The van der Waals surface area contributed by atoms with Gasteiger partial charge in [-0.05, 0) is 35.4 Å². The molecule has 2 aromatic rings. The van der Waals surface area contributed by atoms with Crippen molar-refractivity contribution in [2.75, 3.05) is 14.2 Å². The van der Waals surface area contributed by atoms with Crippen molar-refractivity contribution in [2.24, 2.45) is 0 Å². The zero-order chi connectivity index (χ0) is 16.8. The van der Waals surface area contributed by atoms with Crippen molar-refractivity contribution in [1.29, 1.82) is 0 Å². The van der Waals surface area contributed by atoms with Crippen LogP contribution in [-0.4, -0.2) is 25.3 Å². The normalized spacial score (nSPS) is 10.6. The van der Waals surface area contributed by atoms with E-state index in [9.17, 15) is 4.79 Å². The van der Waals surface area contributed by atoms with Crippen LogP contribution in [0.5, 0.6) is 11.5 Å². The Bertz CT molecular complexity index is 726. The first-order chi connectivity index (χ1) is 11.1. The van der Waals surface area contributed by atoms with Crippen molar-refractivity contribution in [1.82, 2.24) is 5.48 Å². The average molecular weight is 378 g/mol. The lowest BCUT2D eigenvalue weighted by atomic mass is 10.1. The predicted molar refractivity (Wildman–Crippen MR) is 91.9 cm³/mol. The Morgan fingerprint density at radius 2 is 1.70 bits per heavy atom. The van der Waals surface area contributed by atoms with Gasteiger partial charge in [-0.1, -0.05) is 40.2 Å². The number of nitrogens with one attached hydrogen (secondary N) is 1. The number of carbonyl (C=O) groups excluding carboxylic acids is 1. The SMILES string of the molecule is COc1cc(Br)c(/C=C/c2ccc(C(=O)NO)cc2)cc1OC. The summed E-state index contributed by atoms with van der Waals surface area (Å²) in [7, 11) is 3.17. The van der Waals surface area contributed by atoms with Gasteiger partial charge >= 0.3 is 0 Å². The van der Waals surface area contributed by atoms with Gasteiger partial charge < -0.3 is 9.47 Å². The quantitative estimate of drug-likeness (QED) is 0.472. The number of hydroxylamine groups is 1. The van der Waals surface area contributed by atoms with Crippen LogP contribution in [0.2, 0.25) is 0 Å². The molecular weight excluding hydrogens is 362 g/mol. The van der Waals surface area contributed by atoms with Crippen LogP contribution in [0.25, 0.3) is 12.2 Å². The first kappa shape index (κ1) is 17.1. The molecule has 0 fully saturated rings. The van der Waals surface area contributed by atoms with E-state index in [-0.39, 0.29) is 0 Å². The summed E-state index contributed by atoms with van der Waals surface area (Å²) < 4.78 is 11.4. The minimum absolute atomic E-state index is 0.386. The lowest BCUT2D eigenvalue weighted by Crippen LogP contribution is -2.18. The number of hydrogen-bond donors (Lipinski definition) is 2. The molecular formula is C17H16BrNO4. The largest absolute Gasteiger partial charge is 0.493 e. The molecule has 0 heterocycles. The van der Waals surface area contributed by atoms with E-state index in [4.69, 9.17) is 14.7 Å². The number of benzene rings is 2. The highest BCUT2D eigenvalue weighted by Gasteiger charge is 2.07. The van der Waals surface area contributed by atoms with Crippen molar-refractivity contribution in [3.8, 4) is 11.5 Å². The van der Waals surface area contributed by atoms with E-state index in [1.54, 1.807) is 44.0 Å². The van der Waals surface area contributed by atoms with Gasteiger partial charge in [0.1, 0.15) is 0 Å². The third-order valence-electron chi connectivity index (χ3n) is 3.23. The Kier molecular flexibility index (Phi) is 5.78. The van der Waals surface area contributed by atoms with Gasteiger partial charge in [-0.15, -0.1) is 0 Å². The summed E-state index contributed by atoms with van der Waals surface area (Å²) in [6.07, 6.45) is 3.83. The number of hydrogen-bond acceptors (Lipinski definition) is 4. The summed E-state index contributed by atoms with van der Waals surface area (Å²) >= 11 is 3.50. The fourth-order valence-corrected chi connectivity index (χ4v) is 2.45. The fourth-order valence-electron chi connectivity index (χ4n) is 1.99. The highest BCUT2D eigenvalue weighted by atomic mass is 79.9. The number of halogens is 1. The summed E-state index contributed by atoms with van der Waals surface area (Å²) in [5.41, 5.74) is 3.83. The van der Waals surface area contributed by atoms with Gasteiger partial charge in [-0.25, -0.2) is 5.48 Å². The van der Waals surface area contributed by atoms with Gasteiger partial charge in [0.05, 0.1) is 14.2 Å². The summed E-state index contributed by atoms with van der Waals surface area (Å²) in [5, 5.41) is 8.59. The lowest BCUT2D eigenvalue weighted by Gasteiger charge is -2.09. The molecule has 0 atom stereocenters. The van der Waals surface area contributed by atoms with Gasteiger partial charge in [0.15, 0.2) is 11.5 Å². The van der Waals surface area contributed by atoms with Crippen LogP contribution in [-0.2, 0) is 0 Å². The smallest absolute Gasteiger partial charge is 0.274 e. The second-order valence-corrected chi connectivity index (χ2v) is 5.48. The standard InChI is InChI=1S/C17H16BrNO4/c1-22-15-9-13(14(18)10-16(15)23-2)8-5-11-3-6-12(7-4-11)17(20)19-21/h3-10,21H,1-2H3,(H,19,20)/b8-5+. The number of ether oxygens (including phenoxy) is 2. The predicted octanol–water partition coefficient (Wildman–Crippen LogP) is 3.76. The molecule has 0 aliphatic heterocycles. The number of carbonyl (C=O) groups is 1. The lowest BCUT2D eigenvalue weighted by molar-refractivity contribution is 0.0706. The molecule has 5 nitrogen and oxygen atoms in total. The van der Waals surface area contributed by atoms with Gasteiger partial charge in [-0.2, -0.15) is 0 Å². The highest BCUT2D eigenvalue weighted by Crippen LogP contribution is 2.34. The molecule has 23 heavy (non-hydrogen) atoms. The Morgan fingerprint density at radius 3 is 2.26 bits per heavy atom. The summed E-state index contributed by atoms with van der Waals surface area (Å²) in [6, 6.07) is 10.6. The molecule has 1 amide bonds. The monoisotopic (exact) mass is 377 g/mol. The topological polar surface area (TPSA) is 67.8 Å². The zero-order valence-corrected chi connectivity index (χ0v) is 14.3. The van der Waals surface area contributed by atoms with E-state index >= 15 is 0 Å². The average Bonchev–Trinajstić information content (AvgIpc) is 2.60. The van der Waals surface area contributed by atoms with Crippen LogP contribution in [0.3, 0.4) is 0 Å². The second kappa shape index (κ2) is 7.80. The molecule has 0 radical (unpaired) electrons. The first-order valence-electron chi connectivity index (χ1n) is 6.73. The maximum absolute atomic E-state index is 11.3. The van der Waals surface area contributed by atoms with Gasteiger partial charge in [0.2, 0.25) is 0 Å². The van der Waals surface area contributed by atoms with Crippen molar-refractivity contribution in [3.05, 3.63) is 57.6 Å². The molecule has 6 heteroatoms. The van der Waals surface area contributed by atoms with Crippen LogP contribution in [0.15, 0.2) is 40.9 Å². The first-order valence-corrected chi connectivity index (χ1v) is 7.52. The van der Waals surface area contributed by atoms with E-state index in [1.807, 2.05) is 24.3 Å². The Morgan fingerprint density at radius 1 is 1.09 bits per heavy atom. The molecule has 0 spiro atoms. The van der Waals surface area contributed by atoms with E-state index < -0.39 is 5.91 Å². The highest BCUT2D eigenvalue weighted by molar-refractivity contribution is 9.10. The van der Waals surface area contributed by atoms with Crippen LogP contribution in [0, 0.1) is 0 Å². The fraction of sp³-hybridized carbons (Fsp3) is 0.118. The van der Waals surface area contributed by atoms with Gasteiger partial charge in [0, 0.05) is 10.0 Å². The van der Waals surface area contributed by atoms with Crippen molar-refractivity contribution < 1.29 is 19.5 Å². The van der Waals surface area contributed by atoms with Gasteiger partial charge in [0.25, 0.3) is 5.91 Å². The van der Waals surface area contributed by atoms with Crippen molar-refractivity contribution >= 4 is 34.0 Å². The van der Waals surface area contributed by atoms with E-state index in [0.29, 0.717) is 17.1 Å². The Labute approximate surface area is 142 Å². The minimum Gasteiger partial charge on any atom is -0.493 e. The van der Waals surface area contributed by atoms with E-state index in [1.165, 1.54) is 0 Å². The molecule has 120 valence electrons. The minimum atomic E-state index is -0.539. The third-order valence-corrected chi connectivity index (χ3v) is 3.92. The second-order valence-electron chi connectivity index (χ2n) is 4.62. The van der Waals surface area contributed by atoms with Crippen LogP contribution < -0.4 is 15.0 Å². The molecule has 0 aliphatic rings. The molecule has 0 bridgehead atoms. The molecule has 2 rings (SSSR count). The van der Waals surface area contributed by atoms with Crippen LogP contribution in [0.1, 0.15) is 21.5 Å². The number of rotatable bonds is 5. The molecule has 0 saturated heterocycles. The van der Waals surface area contributed by atoms with Crippen LogP contribution in [0.4, 0.5) is 0 Å². The number of amides is 1. The molecule has 0 unspecified atom stereocenters. The zero-order valence-electron chi connectivity index (χ0n) is 12.7. The van der Waals surface area contributed by atoms with Crippen molar-refractivity contribution in [2.45, 2.75) is 0 Å². The maximum atomic E-state index is 11.3. The molecule has 0 aliphatic carbocycles. The van der Waals surface area contributed by atoms with Crippen LogP contribution >= 0.6 is 15.9 Å². The molecule has 2 aromatic carbocycles. The van der Waals surface area contributed by atoms with Crippen molar-refractivity contribution in [3.63, 3.8) is 0 Å². The summed E-state index contributed by atoms with van der Waals surface area (Å²) in [5.74, 6) is 0.754. The molecule has 0 aromatic heterocycles. The number of methoxy groups -OCH3 is 2. The van der Waals surface area contributed by atoms with Gasteiger partial charge in [-0.3, -0.25) is 10.0 Å². The third kappa shape index (κ3) is 4.12. The molecule has 2 N–H and O–H groups in total. The molecule has 0 saturated carbocycles. The summed E-state index contributed by atoms with van der Waals surface area (Å²) in [4.78, 5) is 11.3. The Hall–Kier alpha value is -2.31. The summed E-state index contributed by atoms with van der Waals surface area (Å²) in [6.45, 7) is 0. The van der Waals surface area contributed by atoms with E-state index in [2.05, 4.69) is 15.9 Å².